The zero-order valence-electron chi connectivity index (χ0n) is 18.0. The summed E-state index contributed by atoms with van der Waals surface area (Å²) in [6, 6.07) is 19.2. The van der Waals surface area contributed by atoms with Crippen LogP contribution in [-0.2, 0) is 16.0 Å². The van der Waals surface area contributed by atoms with Gasteiger partial charge in [-0.3, -0.25) is 4.90 Å². The van der Waals surface area contributed by atoms with Crippen molar-refractivity contribution in [3.63, 3.8) is 0 Å². The lowest BCUT2D eigenvalue weighted by Crippen LogP contribution is -2.35. The molecular weight excluding hydrogens is 402 g/mol. The van der Waals surface area contributed by atoms with Crippen LogP contribution in [0.1, 0.15) is 27.0 Å². The molecule has 0 amide bonds. The lowest BCUT2D eigenvalue weighted by Gasteiger charge is -2.26. The van der Waals surface area contributed by atoms with Crippen LogP contribution in [0.15, 0.2) is 60.7 Å². The fourth-order valence-corrected chi connectivity index (χ4v) is 3.52. The third kappa shape index (κ3) is 5.52. The molecule has 6 heteroatoms. The fraction of sp³-hybridized carbons (Fsp3) is 0.231. The summed E-state index contributed by atoms with van der Waals surface area (Å²) in [5.74, 6) is 6.23. The van der Waals surface area contributed by atoms with Gasteiger partial charge in [-0.05, 0) is 42.0 Å². The number of ether oxygens (including phenoxy) is 2. The van der Waals surface area contributed by atoms with Gasteiger partial charge in [0.25, 0.3) is 0 Å². The van der Waals surface area contributed by atoms with Crippen LogP contribution in [0.2, 0.25) is 0 Å². The lowest BCUT2D eigenvalue weighted by atomic mass is 10.1. The summed E-state index contributed by atoms with van der Waals surface area (Å²) in [6.45, 7) is 4.51. The number of anilines is 1. The van der Waals surface area contributed by atoms with Crippen molar-refractivity contribution < 1.29 is 14.3 Å². The average molecular weight is 428 g/mol. The van der Waals surface area contributed by atoms with Gasteiger partial charge < -0.3 is 15.2 Å². The number of carbonyl (C=O) groups is 1. The summed E-state index contributed by atoms with van der Waals surface area (Å²) in [5.41, 5.74) is 10.8. The minimum Gasteiger partial charge on any atom is -0.465 e. The molecule has 0 atom stereocenters. The largest absolute Gasteiger partial charge is 0.465 e. The van der Waals surface area contributed by atoms with Crippen LogP contribution in [0.4, 0.5) is 5.82 Å². The summed E-state index contributed by atoms with van der Waals surface area (Å²) in [7, 11) is 1.34. The van der Waals surface area contributed by atoms with Gasteiger partial charge in [-0.15, -0.1) is 0 Å². The van der Waals surface area contributed by atoms with Crippen LogP contribution in [-0.4, -0.2) is 49.3 Å². The number of methoxy groups -OCH3 is 1. The summed E-state index contributed by atoms with van der Waals surface area (Å²) in [5, 5.41) is 0. The highest BCUT2D eigenvalue weighted by molar-refractivity contribution is 5.91. The van der Waals surface area contributed by atoms with E-state index in [1.165, 1.54) is 18.7 Å². The van der Waals surface area contributed by atoms with Crippen molar-refractivity contribution >= 4 is 11.8 Å². The maximum Gasteiger partial charge on any atom is 0.338 e. The molecule has 0 saturated carbocycles. The molecule has 4 rings (SSSR count). The number of nitrogens with two attached hydrogens (primary N) is 1. The molecule has 0 aliphatic carbocycles. The Hall–Kier alpha value is -3.66. The number of hydrogen-bond donors (Lipinski definition) is 1. The molecule has 1 fully saturated rings. The standard InChI is InChI=1S/C26H25N3O3/c1-31-26(30)23-16-24(28-25(27)17-23)22-10-8-20(9-11-22)3-2-19-4-6-21(7-5-19)18-29-12-14-32-15-13-29/h4-11,16-17H,12-15,18H2,1H3,(H2,27,28). The average Bonchev–Trinajstić information content (AvgIpc) is 2.83. The Morgan fingerprint density at radius 2 is 1.66 bits per heavy atom. The molecule has 0 bridgehead atoms. The molecule has 1 aromatic heterocycles. The monoisotopic (exact) mass is 427 g/mol. The number of hydrogen-bond acceptors (Lipinski definition) is 6. The van der Waals surface area contributed by atoms with E-state index in [0.717, 1.165) is 49.5 Å². The minimum atomic E-state index is -0.446. The van der Waals surface area contributed by atoms with Gasteiger partial charge in [0.1, 0.15) is 5.82 Å². The Labute approximate surface area is 188 Å². The second-order valence-corrected chi connectivity index (χ2v) is 7.57. The number of morpholine rings is 1. The molecule has 6 nitrogen and oxygen atoms in total. The first-order chi connectivity index (χ1) is 15.6. The van der Waals surface area contributed by atoms with E-state index in [0.29, 0.717) is 11.3 Å². The molecule has 1 aliphatic rings. The van der Waals surface area contributed by atoms with Crippen molar-refractivity contribution in [3.05, 3.63) is 82.9 Å². The van der Waals surface area contributed by atoms with Gasteiger partial charge >= 0.3 is 5.97 Å². The topological polar surface area (TPSA) is 77.7 Å². The van der Waals surface area contributed by atoms with Crippen molar-refractivity contribution in [1.82, 2.24) is 9.88 Å². The van der Waals surface area contributed by atoms with Crippen LogP contribution in [0.3, 0.4) is 0 Å². The van der Waals surface area contributed by atoms with E-state index in [9.17, 15) is 4.79 Å². The third-order valence-corrected chi connectivity index (χ3v) is 5.26. The predicted octanol–water partition coefficient (Wildman–Crippen LogP) is 3.35. The molecule has 2 N–H and O–H groups in total. The highest BCUT2D eigenvalue weighted by Crippen LogP contribution is 2.21. The number of benzene rings is 2. The van der Waals surface area contributed by atoms with Crippen LogP contribution in [0.25, 0.3) is 11.3 Å². The second kappa shape index (κ2) is 10.1. The van der Waals surface area contributed by atoms with E-state index in [1.807, 2.05) is 24.3 Å². The molecule has 32 heavy (non-hydrogen) atoms. The first-order valence-electron chi connectivity index (χ1n) is 10.5. The van der Waals surface area contributed by atoms with Crippen LogP contribution >= 0.6 is 0 Å². The van der Waals surface area contributed by atoms with Gasteiger partial charge in [-0.25, -0.2) is 9.78 Å². The SMILES string of the molecule is COC(=O)c1cc(N)nc(-c2ccc(C#Cc3ccc(CN4CCOCC4)cc3)cc2)c1. The maximum absolute atomic E-state index is 11.8. The number of carbonyl (C=O) groups excluding carboxylic acids is 1. The van der Waals surface area contributed by atoms with Gasteiger partial charge in [0.15, 0.2) is 0 Å². The van der Waals surface area contributed by atoms with Crippen LogP contribution < -0.4 is 5.73 Å². The third-order valence-electron chi connectivity index (χ3n) is 5.26. The first kappa shape index (κ1) is 21.6. The number of pyridine rings is 1. The summed E-state index contributed by atoms with van der Waals surface area (Å²) in [6.07, 6.45) is 0. The van der Waals surface area contributed by atoms with E-state index < -0.39 is 5.97 Å². The van der Waals surface area contributed by atoms with Gasteiger partial charge in [0.05, 0.1) is 31.6 Å². The maximum atomic E-state index is 11.8. The van der Waals surface area contributed by atoms with E-state index in [2.05, 4.69) is 46.0 Å². The molecule has 0 spiro atoms. The molecule has 162 valence electrons. The van der Waals surface area contributed by atoms with Gasteiger partial charge in [-0.1, -0.05) is 36.1 Å². The molecule has 2 aromatic carbocycles. The lowest BCUT2D eigenvalue weighted by molar-refractivity contribution is 0.0342. The van der Waals surface area contributed by atoms with Gasteiger partial charge in [0, 0.05) is 36.3 Å². The van der Waals surface area contributed by atoms with E-state index in [1.54, 1.807) is 6.07 Å². The number of esters is 1. The molecule has 1 saturated heterocycles. The van der Waals surface area contributed by atoms with Crippen molar-refractivity contribution in [2.45, 2.75) is 6.54 Å². The summed E-state index contributed by atoms with van der Waals surface area (Å²) >= 11 is 0. The van der Waals surface area contributed by atoms with Crippen LogP contribution in [0.5, 0.6) is 0 Å². The highest BCUT2D eigenvalue weighted by atomic mass is 16.5. The van der Waals surface area contributed by atoms with E-state index in [-0.39, 0.29) is 5.82 Å². The Morgan fingerprint density at radius 3 is 2.28 bits per heavy atom. The molecule has 1 aliphatic heterocycles. The van der Waals surface area contributed by atoms with E-state index >= 15 is 0 Å². The highest BCUT2D eigenvalue weighted by Gasteiger charge is 2.11. The number of rotatable bonds is 4. The molecule has 2 heterocycles. The van der Waals surface area contributed by atoms with Crippen molar-refractivity contribution in [3.8, 4) is 23.1 Å². The minimum absolute atomic E-state index is 0.267. The Balaban J connectivity index is 1.43. The Morgan fingerprint density at radius 1 is 1.03 bits per heavy atom. The van der Waals surface area contributed by atoms with Gasteiger partial charge in [0.2, 0.25) is 0 Å². The van der Waals surface area contributed by atoms with Crippen molar-refractivity contribution in [2.24, 2.45) is 0 Å². The fourth-order valence-electron chi connectivity index (χ4n) is 3.52. The predicted molar refractivity (Wildman–Crippen MR) is 124 cm³/mol. The number of nitrogens with zero attached hydrogens (tertiary/aromatic N) is 2. The summed E-state index contributed by atoms with van der Waals surface area (Å²) < 4.78 is 10.2. The first-order valence-corrected chi connectivity index (χ1v) is 10.5. The van der Waals surface area contributed by atoms with Crippen molar-refractivity contribution in [1.29, 1.82) is 0 Å². The second-order valence-electron chi connectivity index (χ2n) is 7.57. The number of aromatic nitrogens is 1. The van der Waals surface area contributed by atoms with E-state index in [4.69, 9.17) is 15.2 Å². The smallest absolute Gasteiger partial charge is 0.338 e. The quantitative estimate of drug-likeness (QED) is 0.508. The summed E-state index contributed by atoms with van der Waals surface area (Å²) in [4.78, 5) is 18.5. The zero-order valence-corrected chi connectivity index (χ0v) is 18.0. The molecule has 3 aromatic rings. The van der Waals surface area contributed by atoms with Crippen LogP contribution in [0, 0.1) is 11.8 Å². The van der Waals surface area contributed by atoms with Crippen molar-refractivity contribution in [2.75, 3.05) is 39.1 Å². The number of nitrogen functional groups attached to an aromatic ring is 1. The Bertz CT molecular complexity index is 1140. The Kier molecular flexibility index (Phi) is 6.81. The zero-order chi connectivity index (χ0) is 22.3. The molecule has 0 unspecified atom stereocenters. The molecular formula is C26H25N3O3. The molecule has 0 radical (unpaired) electrons. The normalized spacial score (nSPS) is 13.8. The van der Waals surface area contributed by atoms with Gasteiger partial charge in [-0.2, -0.15) is 0 Å².